The molecule has 2 aromatic rings. The Bertz CT molecular complexity index is 960. The molecule has 2 aliphatic heterocycles. The summed E-state index contributed by atoms with van der Waals surface area (Å²) in [4.78, 5) is 20.0. The number of likely N-dealkylation sites (N-methyl/N-ethyl adjacent to an activating group) is 1. The van der Waals surface area contributed by atoms with Crippen molar-refractivity contribution in [2.24, 2.45) is 0 Å². The summed E-state index contributed by atoms with van der Waals surface area (Å²) in [6.07, 6.45) is 0.0711. The zero-order valence-corrected chi connectivity index (χ0v) is 20.6. The minimum Gasteiger partial charge on any atom is -0.497 e. The number of anilines is 2. The smallest absolute Gasteiger partial charge is 0.256 e. The Balaban J connectivity index is 1.53. The van der Waals surface area contributed by atoms with Gasteiger partial charge >= 0.3 is 0 Å². The lowest BCUT2D eigenvalue weighted by Gasteiger charge is -2.36. The molecular weight excluding hydrogens is 414 g/mol. The number of methoxy groups -OCH3 is 1. The molecule has 0 bridgehead atoms. The predicted octanol–water partition coefficient (Wildman–Crippen LogP) is 3.72. The summed E-state index contributed by atoms with van der Waals surface area (Å²) in [5.41, 5.74) is 4.56. The first kappa shape index (κ1) is 23.6. The van der Waals surface area contributed by atoms with Crippen LogP contribution in [0.25, 0.3) is 0 Å². The standard InChI is InChI=1S/C27H37N3O3/c1-27(2,3)21-7-9-22(10-8-21)30-16-17-33-25(26(30)31)18-20-6-11-23(32-5)19-24(20)29-14-12-28(4)13-15-29/h6-11,19,25H,12-18H2,1-5H3. The molecule has 2 aromatic carbocycles. The highest BCUT2D eigenvalue weighted by molar-refractivity contribution is 5.97. The van der Waals surface area contributed by atoms with E-state index in [0.717, 1.165) is 48.9 Å². The van der Waals surface area contributed by atoms with Gasteiger partial charge in [-0.1, -0.05) is 39.0 Å². The van der Waals surface area contributed by atoms with Crippen LogP contribution in [-0.2, 0) is 21.4 Å². The molecule has 1 atom stereocenters. The second-order valence-electron chi connectivity index (χ2n) is 10.1. The largest absolute Gasteiger partial charge is 0.497 e. The second-order valence-corrected chi connectivity index (χ2v) is 10.1. The van der Waals surface area contributed by atoms with Crippen molar-refractivity contribution in [2.45, 2.75) is 38.7 Å². The Morgan fingerprint density at radius 3 is 2.33 bits per heavy atom. The van der Waals surface area contributed by atoms with Gasteiger partial charge < -0.3 is 24.2 Å². The number of amides is 1. The molecule has 178 valence electrons. The van der Waals surface area contributed by atoms with Crippen molar-refractivity contribution < 1.29 is 14.3 Å². The van der Waals surface area contributed by atoms with Crippen LogP contribution in [0.15, 0.2) is 42.5 Å². The Kier molecular flexibility index (Phi) is 6.96. The number of nitrogens with zero attached hydrogens (tertiary/aromatic N) is 3. The van der Waals surface area contributed by atoms with E-state index in [-0.39, 0.29) is 11.3 Å². The third-order valence-corrected chi connectivity index (χ3v) is 6.76. The van der Waals surface area contributed by atoms with E-state index in [1.165, 1.54) is 5.56 Å². The van der Waals surface area contributed by atoms with Crippen LogP contribution in [0.3, 0.4) is 0 Å². The van der Waals surface area contributed by atoms with E-state index < -0.39 is 6.10 Å². The minimum atomic E-state index is -0.486. The van der Waals surface area contributed by atoms with Gasteiger partial charge in [0, 0.05) is 56.6 Å². The van der Waals surface area contributed by atoms with Gasteiger partial charge in [-0.25, -0.2) is 0 Å². The summed E-state index contributed by atoms with van der Waals surface area (Å²) in [6.45, 7) is 11.7. The van der Waals surface area contributed by atoms with Gasteiger partial charge in [0.05, 0.1) is 13.7 Å². The predicted molar refractivity (Wildman–Crippen MR) is 134 cm³/mol. The highest BCUT2D eigenvalue weighted by atomic mass is 16.5. The Morgan fingerprint density at radius 2 is 1.70 bits per heavy atom. The number of rotatable bonds is 5. The normalized spacial score (nSPS) is 20.3. The molecule has 2 aliphatic rings. The quantitative estimate of drug-likeness (QED) is 0.693. The van der Waals surface area contributed by atoms with Crippen molar-refractivity contribution >= 4 is 17.3 Å². The average Bonchev–Trinajstić information content (AvgIpc) is 2.81. The van der Waals surface area contributed by atoms with Gasteiger partial charge in [0.25, 0.3) is 5.91 Å². The van der Waals surface area contributed by atoms with E-state index in [9.17, 15) is 4.79 Å². The zero-order chi connectivity index (χ0) is 23.6. The van der Waals surface area contributed by atoms with Crippen LogP contribution >= 0.6 is 0 Å². The van der Waals surface area contributed by atoms with Gasteiger partial charge in [0.15, 0.2) is 0 Å². The SMILES string of the molecule is COc1ccc(CC2OCCN(c3ccc(C(C)(C)C)cc3)C2=O)c(N2CCN(C)CC2)c1. The maximum atomic E-state index is 13.4. The molecule has 0 N–H and O–H groups in total. The first-order valence-electron chi connectivity index (χ1n) is 11.9. The number of hydrogen-bond acceptors (Lipinski definition) is 5. The molecule has 0 saturated carbocycles. The van der Waals surface area contributed by atoms with Crippen molar-refractivity contribution in [3.63, 3.8) is 0 Å². The van der Waals surface area contributed by atoms with Crippen LogP contribution in [0.1, 0.15) is 31.9 Å². The lowest BCUT2D eigenvalue weighted by atomic mass is 9.87. The molecule has 2 heterocycles. The molecule has 1 unspecified atom stereocenters. The maximum Gasteiger partial charge on any atom is 0.256 e. The minimum absolute atomic E-state index is 0.0323. The van der Waals surface area contributed by atoms with Gasteiger partial charge in [-0.05, 0) is 41.8 Å². The van der Waals surface area contributed by atoms with Crippen LogP contribution in [0.5, 0.6) is 5.75 Å². The van der Waals surface area contributed by atoms with Gasteiger partial charge in [-0.2, -0.15) is 0 Å². The van der Waals surface area contributed by atoms with E-state index in [4.69, 9.17) is 9.47 Å². The van der Waals surface area contributed by atoms with Crippen LogP contribution in [0, 0.1) is 0 Å². The van der Waals surface area contributed by atoms with Crippen LogP contribution in [0.4, 0.5) is 11.4 Å². The summed E-state index contributed by atoms with van der Waals surface area (Å²) >= 11 is 0. The molecule has 6 nitrogen and oxygen atoms in total. The fraction of sp³-hybridized carbons (Fsp3) is 0.519. The van der Waals surface area contributed by atoms with Gasteiger partial charge in [0.1, 0.15) is 11.9 Å². The number of hydrogen-bond donors (Lipinski definition) is 0. The average molecular weight is 452 g/mol. The molecule has 4 rings (SSSR count). The van der Waals surface area contributed by atoms with Gasteiger partial charge in [-0.3, -0.25) is 4.79 Å². The summed E-state index contributed by atoms with van der Waals surface area (Å²) in [6, 6.07) is 14.5. The summed E-state index contributed by atoms with van der Waals surface area (Å²) < 4.78 is 11.5. The van der Waals surface area contributed by atoms with Crippen molar-refractivity contribution in [3.05, 3.63) is 53.6 Å². The van der Waals surface area contributed by atoms with Crippen LogP contribution in [0.2, 0.25) is 0 Å². The maximum absolute atomic E-state index is 13.4. The third-order valence-electron chi connectivity index (χ3n) is 6.76. The van der Waals surface area contributed by atoms with Crippen molar-refractivity contribution in [1.29, 1.82) is 0 Å². The monoisotopic (exact) mass is 451 g/mol. The molecule has 0 aliphatic carbocycles. The Labute approximate surface area is 198 Å². The fourth-order valence-electron chi connectivity index (χ4n) is 4.57. The van der Waals surface area contributed by atoms with Gasteiger partial charge in [-0.15, -0.1) is 0 Å². The van der Waals surface area contributed by atoms with Crippen LogP contribution < -0.4 is 14.5 Å². The van der Waals surface area contributed by atoms with E-state index in [2.05, 4.69) is 74.0 Å². The number of piperazine rings is 1. The number of benzene rings is 2. The van der Waals surface area contributed by atoms with E-state index in [1.807, 2.05) is 11.0 Å². The number of morpholine rings is 1. The Hall–Kier alpha value is -2.57. The summed E-state index contributed by atoms with van der Waals surface area (Å²) in [5, 5.41) is 0. The summed E-state index contributed by atoms with van der Waals surface area (Å²) in [5.74, 6) is 0.869. The fourth-order valence-corrected chi connectivity index (χ4v) is 4.57. The van der Waals surface area contributed by atoms with Gasteiger partial charge in [0.2, 0.25) is 0 Å². The molecule has 0 spiro atoms. The lowest BCUT2D eigenvalue weighted by molar-refractivity contribution is -0.133. The first-order chi connectivity index (χ1) is 15.8. The van der Waals surface area contributed by atoms with Crippen molar-refractivity contribution in [2.75, 3.05) is 63.3 Å². The number of ether oxygens (including phenoxy) is 2. The van der Waals surface area contributed by atoms with Crippen molar-refractivity contribution in [1.82, 2.24) is 4.90 Å². The van der Waals surface area contributed by atoms with E-state index in [1.54, 1.807) is 7.11 Å². The zero-order valence-electron chi connectivity index (χ0n) is 20.6. The third kappa shape index (κ3) is 5.33. The highest BCUT2D eigenvalue weighted by Gasteiger charge is 2.32. The number of carbonyl (C=O) groups excluding carboxylic acids is 1. The molecule has 2 fully saturated rings. The summed E-state index contributed by atoms with van der Waals surface area (Å²) in [7, 11) is 3.85. The molecule has 2 saturated heterocycles. The molecule has 0 radical (unpaired) electrons. The first-order valence-corrected chi connectivity index (χ1v) is 11.9. The number of carbonyl (C=O) groups is 1. The lowest BCUT2D eigenvalue weighted by Crippen LogP contribution is -2.49. The molecule has 33 heavy (non-hydrogen) atoms. The molecule has 0 aromatic heterocycles. The topological polar surface area (TPSA) is 45.3 Å². The van der Waals surface area contributed by atoms with E-state index in [0.29, 0.717) is 19.6 Å². The van der Waals surface area contributed by atoms with E-state index >= 15 is 0 Å². The highest BCUT2D eigenvalue weighted by Crippen LogP contribution is 2.31. The molecule has 6 heteroatoms. The Morgan fingerprint density at radius 1 is 1.00 bits per heavy atom. The molecule has 1 amide bonds. The van der Waals surface area contributed by atoms with Crippen LogP contribution in [-0.4, -0.2) is 70.4 Å². The second kappa shape index (κ2) is 9.74. The van der Waals surface area contributed by atoms with Crippen molar-refractivity contribution in [3.8, 4) is 5.75 Å². The molecular formula is C27H37N3O3.